The fourth-order valence-electron chi connectivity index (χ4n) is 2.11. The molecule has 1 aliphatic rings. The molecule has 0 unspecified atom stereocenters. The van der Waals surface area contributed by atoms with E-state index in [1.807, 2.05) is 0 Å². The molecule has 0 aromatic heterocycles. The van der Waals surface area contributed by atoms with Crippen molar-refractivity contribution in [1.29, 1.82) is 0 Å². The van der Waals surface area contributed by atoms with Gasteiger partial charge < -0.3 is 23.7 Å². The summed E-state index contributed by atoms with van der Waals surface area (Å²) in [5.41, 5.74) is 8.23. The molecule has 11 heteroatoms. The Balaban J connectivity index is 2.92. The van der Waals surface area contributed by atoms with Crippen LogP contribution in [0.2, 0.25) is 0 Å². The lowest BCUT2D eigenvalue weighted by atomic mass is 10.0. The van der Waals surface area contributed by atoms with Gasteiger partial charge >= 0.3 is 17.9 Å². The Morgan fingerprint density at radius 2 is 1.67 bits per heavy atom. The van der Waals surface area contributed by atoms with E-state index in [2.05, 4.69) is 10.0 Å². The van der Waals surface area contributed by atoms with Crippen molar-refractivity contribution in [2.24, 2.45) is 5.11 Å². The van der Waals surface area contributed by atoms with Crippen LogP contribution < -0.4 is 0 Å². The molecule has 1 aliphatic heterocycles. The maximum atomic E-state index is 11.3. The molecule has 134 valence electrons. The van der Waals surface area contributed by atoms with Gasteiger partial charge in [0, 0.05) is 32.2 Å². The Morgan fingerprint density at radius 3 is 2.21 bits per heavy atom. The highest BCUT2D eigenvalue weighted by Crippen LogP contribution is 2.25. The molecular weight excluding hydrogens is 326 g/mol. The molecule has 0 spiro atoms. The number of carbonyl (C=O) groups excluding carboxylic acids is 3. The van der Waals surface area contributed by atoms with Crippen LogP contribution in [0.25, 0.3) is 10.4 Å². The van der Waals surface area contributed by atoms with Crippen LogP contribution >= 0.6 is 0 Å². The third kappa shape index (κ3) is 6.41. The average molecular weight is 345 g/mol. The van der Waals surface area contributed by atoms with E-state index in [-0.39, 0.29) is 19.8 Å². The van der Waals surface area contributed by atoms with Crippen LogP contribution in [0.1, 0.15) is 20.8 Å². The van der Waals surface area contributed by atoms with E-state index >= 15 is 0 Å². The van der Waals surface area contributed by atoms with E-state index in [0.29, 0.717) is 0 Å². The molecule has 0 bridgehead atoms. The van der Waals surface area contributed by atoms with Crippen molar-refractivity contribution in [2.45, 2.75) is 45.4 Å². The van der Waals surface area contributed by atoms with Crippen molar-refractivity contribution in [3.05, 3.63) is 10.4 Å². The Hall–Kier alpha value is -2.36. The summed E-state index contributed by atoms with van der Waals surface area (Å²) >= 11 is 0. The minimum atomic E-state index is -1.14. The SMILES string of the molecule is CC(=O)O[C@@H]1[C@@H](OC(C)=O)[C@@H](OCCN=[N+]=[N-])OC[C@@H]1OC(C)=O. The van der Waals surface area contributed by atoms with Gasteiger partial charge in [-0.25, -0.2) is 0 Å². The van der Waals surface area contributed by atoms with E-state index in [1.165, 1.54) is 13.8 Å². The molecule has 1 rings (SSSR count). The first-order valence-corrected chi connectivity index (χ1v) is 7.11. The number of hydrogen-bond acceptors (Lipinski definition) is 9. The van der Waals surface area contributed by atoms with Crippen LogP contribution in [0.5, 0.6) is 0 Å². The number of rotatable bonds is 7. The maximum absolute atomic E-state index is 11.3. The Bertz CT molecular complexity index is 519. The number of azide groups is 1. The van der Waals surface area contributed by atoms with Gasteiger partial charge in [0.2, 0.25) is 0 Å². The van der Waals surface area contributed by atoms with Crippen LogP contribution in [0.4, 0.5) is 0 Å². The van der Waals surface area contributed by atoms with E-state index < -0.39 is 42.5 Å². The molecule has 0 aliphatic carbocycles. The highest BCUT2D eigenvalue weighted by Gasteiger charge is 2.47. The first-order chi connectivity index (χ1) is 11.3. The average Bonchev–Trinajstić information content (AvgIpc) is 2.47. The molecule has 4 atom stereocenters. The minimum absolute atomic E-state index is 0.00247. The fourth-order valence-corrected chi connectivity index (χ4v) is 2.11. The van der Waals surface area contributed by atoms with Gasteiger partial charge in [0.15, 0.2) is 24.6 Å². The summed E-state index contributed by atoms with van der Waals surface area (Å²) < 4.78 is 26.1. The second kappa shape index (κ2) is 9.71. The van der Waals surface area contributed by atoms with Gasteiger partial charge in [-0.05, 0) is 5.53 Å². The molecule has 1 heterocycles. The zero-order valence-corrected chi connectivity index (χ0v) is 13.5. The summed E-state index contributed by atoms with van der Waals surface area (Å²) in [6.07, 6.45) is -4.25. The first kappa shape index (κ1) is 19.7. The first-order valence-electron chi connectivity index (χ1n) is 7.11. The number of carbonyl (C=O) groups is 3. The minimum Gasteiger partial charge on any atom is -0.456 e. The standard InChI is InChI=1S/C13H19N3O8/c1-7(17)22-10-6-21-13(20-5-4-15-16-14)12(24-9(3)19)11(10)23-8(2)18/h10-13H,4-6H2,1-3H3/t10-,11-,12+,13-/m0/s1. The summed E-state index contributed by atoms with van der Waals surface area (Å²) in [7, 11) is 0. The molecule has 0 aromatic rings. The van der Waals surface area contributed by atoms with E-state index in [0.717, 1.165) is 6.92 Å². The molecule has 1 saturated heterocycles. The molecule has 0 aromatic carbocycles. The Morgan fingerprint density at radius 1 is 1.08 bits per heavy atom. The van der Waals surface area contributed by atoms with Gasteiger partial charge in [-0.1, -0.05) is 5.11 Å². The second-order valence-corrected chi connectivity index (χ2v) is 4.82. The predicted octanol–water partition coefficient (Wildman–Crippen LogP) is 0.465. The normalized spacial score (nSPS) is 26.0. The van der Waals surface area contributed by atoms with E-state index in [1.54, 1.807) is 0 Å². The van der Waals surface area contributed by atoms with Crippen LogP contribution in [0.3, 0.4) is 0 Å². The van der Waals surface area contributed by atoms with Crippen LogP contribution in [0, 0.1) is 0 Å². The fraction of sp³-hybridized carbons (Fsp3) is 0.769. The largest absolute Gasteiger partial charge is 0.456 e. The highest BCUT2D eigenvalue weighted by atomic mass is 16.7. The summed E-state index contributed by atoms with van der Waals surface area (Å²) in [5, 5.41) is 3.30. The van der Waals surface area contributed by atoms with Crippen LogP contribution in [-0.2, 0) is 38.1 Å². The highest BCUT2D eigenvalue weighted by molar-refractivity contribution is 5.68. The maximum Gasteiger partial charge on any atom is 0.303 e. The lowest BCUT2D eigenvalue weighted by molar-refractivity contribution is -0.280. The van der Waals surface area contributed by atoms with Crippen molar-refractivity contribution in [3.8, 4) is 0 Å². The van der Waals surface area contributed by atoms with Gasteiger partial charge in [-0.2, -0.15) is 0 Å². The van der Waals surface area contributed by atoms with Crippen molar-refractivity contribution in [2.75, 3.05) is 19.8 Å². The van der Waals surface area contributed by atoms with Crippen LogP contribution in [-0.4, -0.2) is 62.3 Å². The number of ether oxygens (including phenoxy) is 5. The smallest absolute Gasteiger partial charge is 0.303 e. The summed E-state index contributed by atoms with van der Waals surface area (Å²) in [6, 6.07) is 0. The zero-order chi connectivity index (χ0) is 18.1. The van der Waals surface area contributed by atoms with Crippen molar-refractivity contribution in [3.63, 3.8) is 0 Å². The molecule has 1 fully saturated rings. The van der Waals surface area contributed by atoms with Gasteiger partial charge in [0.05, 0.1) is 13.2 Å². The van der Waals surface area contributed by atoms with Crippen LogP contribution in [0.15, 0.2) is 5.11 Å². The quantitative estimate of drug-likeness (QED) is 0.161. The third-order valence-corrected chi connectivity index (χ3v) is 2.84. The van der Waals surface area contributed by atoms with Crippen molar-refractivity contribution in [1.82, 2.24) is 0 Å². The lowest BCUT2D eigenvalue weighted by Gasteiger charge is -2.40. The summed E-state index contributed by atoms with van der Waals surface area (Å²) in [5.74, 6) is -1.91. The molecule has 0 radical (unpaired) electrons. The Kier molecular flexibility index (Phi) is 7.96. The third-order valence-electron chi connectivity index (χ3n) is 2.84. The molecule has 0 amide bonds. The number of nitrogens with zero attached hydrogens (tertiary/aromatic N) is 3. The number of hydrogen-bond donors (Lipinski definition) is 0. The molecular formula is C13H19N3O8. The lowest BCUT2D eigenvalue weighted by Crippen LogP contribution is -2.58. The Labute approximate surface area is 137 Å². The van der Waals surface area contributed by atoms with Crippen molar-refractivity contribution >= 4 is 17.9 Å². The molecule has 0 saturated carbocycles. The van der Waals surface area contributed by atoms with Gasteiger partial charge in [-0.15, -0.1) is 0 Å². The molecule has 11 nitrogen and oxygen atoms in total. The summed E-state index contributed by atoms with van der Waals surface area (Å²) in [4.78, 5) is 36.5. The van der Waals surface area contributed by atoms with E-state index in [9.17, 15) is 14.4 Å². The number of esters is 3. The summed E-state index contributed by atoms with van der Waals surface area (Å²) in [6.45, 7) is 3.43. The van der Waals surface area contributed by atoms with E-state index in [4.69, 9.17) is 29.2 Å². The van der Waals surface area contributed by atoms with Gasteiger partial charge in [0.1, 0.15) is 0 Å². The predicted molar refractivity (Wildman–Crippen MR) is 76.4 cm³/mol. The van der Waals surface area contributed by atoms with Gasteiger partial charge in [-0.3, -0.25) is 14.4 Å². The second-order valence-electron chi connectivity index (χ2n) is 4.82. The zero-order valence-electron chi connectivity index (χ0n) is 13.5. The molecule has 24 heavy (non-hydrogen) atoms. The van der Waals surface area contributed by atoms with Crippen molar-refractivity contribution < 1.29 is 38.1 Å². The molecule has 0 N–H and O–H groups in total. The monoisotopic (exact) mass is 345 g/mol. The van der Waals surface area contributed by atoms with Gasteiger partial charge in [0.25, 0.3) is 0 Å². The topological polar surface area (TPSA) is 146 Å².